The Hall–Kier alpha value is -0.0300. The van der Waals surface area contributed by atoms with E-state index in [0.29, 0.717) is 40.8 Å². The highest BCUT2D eigenvalue weighted by atomic mass is 79.9. The number of alkyl halides is 3. The zero-order chi connectivity index (χ0) is 24.3. The first-order valence-electron chi connectivity index (χ1n) is 13.8. The van der Waals surface area contributed by atoms with E-state index in [0.717, 1.165) is 43.9 Å². The van der Waals surface area contributed by atoms with Crippen LogP contribution in [0.4, 0.5) is 8.78 Å². The first kappa shape index (κ1) is 27.6. The highest BCUT2D eigenvalue weighted by Gasteiger charge is 2.58. The molecule has 4 rings (SSSR count). The molecule has 0 aliphatic heterocycles. The maximum absolute atomic E-state index is 13.2. The lowest BCUT2D eigenvalue weighted by Gasteiger charge is -2.56. The number of ketones is 1. The molecule has 0 spiro atoms. The standard InChI is InChI=1S/C21H31BrF2O.C7H17N/c1-21-9-8-15-14-4-3-13(20(23)24)10-12(14)2-5-16(15)17(21)6-7-18(21)19(25)11-22;1-4-5-6(2)7(3)8/h12-18,20H,2-11H2,1H3;6-7H,4-5,8H2,1-3H3. The molecular weight excluding hydrogens is 484 g/mol. The van der Waals surface area contributed by atoms with E-state index in [2.05, 4.69) is 43.6 Å². The van der Waals surface area contributed by atoms with E-state index in [4.69, 9.17) is 5.73 Å². The molecule has 192 valence electrons. The third-order valence-electron chi connectivity index (χ3n) is 10.5. The molecule has 10 unspecified atom stereocenters. The van der Waals surface area contributed by atoms with Gasteiger partial charge >= 0.3 is 0 Å². The van der Waals surface area contributed by atoms with Crippen LogP contribution in [-0.2, 0) is 4.79 Å². The van der Waals surface area contributed by atoms with Gasteiger partial charge in [0.25, 0.3) is 0 Å². The molecule has 0 heterocycles. The maximum Gasteiger partial charge on any atom is 0.241 e. The van der Waals surface area contributed by atoms with Crippen LogP contribution >= 0.6 is 15.9 Å². The Bertz CT molecular complexity index is 643. The van der Waals surface area contributed by atoms with Gasteiger partial charge in [0, 0.05) is 17.9 Å². The van der Waals surface area contributed by atoms with E-state index in [1.165, 1.54) is 38.5 Å². The Morgan fingerprint density at radius 2 is 1.73 bits per heavy atom. The maximum atomic E-state index is 13.2. The van der Waals surface area contributed by atoms with Gasteiger partial charge < -0.3 is 5.73 Å². The van der Waals surface area contributed by atoms with Gasteiger partial charge in [-0.15, -0.1) is 0 Å². The summed E-state index contributed by atoms with van der Waals surface area (Å²) in [5, 5.41) is 0.494. The molecule has 2 nitrogen and oxygen atoms in total. The van der Waals surface area contributed by atoms with Gasteiger partial charge in [0.2, 0.25) is 6.43 Å². The van der Waals surface area contributed by atoms with Gasteiger partial charge in [0.15, 0.2) is 0 Å². The Kier molecular flexibility index (Phi) is 9.86. The Morgan fingerprint density at radius 1 is 1.03 bits per heavy atom. The molecule has 0 aromatic heterocycles. The summed E-state index contributed by atoms with van der Waals surface area (Å²) >= 11 is 3.39. The second kappa shape index (κ2) is 11.8. The number of carbonyl (C=O) groups excluding carboxylic acids is 1. The third kappa shape index (κ3) is 5.87. The van der Waals surface area contributed by atoms with Crippen molar-refractivity contribution >= 4 is 21.7 Å². The van der Waals surface area contributed by atoms with Gasteiger partial charge in [0.05, 0.1) is 5.33 Å². The molecule has 5 heteroatoms. The molecule has 0 saturated heterocycles. The van der Waals surface area contributed by atoms with Crippen molar-refractivity contribution in [1.29, 1.82) is 0 Å². The Balaban J connectivity index is 0.000000331. The van der Waals surface area contributed by atoms with Gasteiger partial charge in [-0.1, -0.05) is 43.1 Å². The quantitative estimate of drug-likeness (QED) is 0.354. The summed E-state index contributed by atoms with van der Waals surface area (Å²) in [5.74, 6) is 4.39. The van der Waals surface area contributed by atoms with Crippen molar-refractivity contribution < 1.29 is 13.6 Å². The van der Waals surface area contributed by atoms with Crippen molar-refractivity contribution in [3.63, 3.8) is 0 Å². The van der Waals surface area contributed by atoms with E-state index in [1.807, 2.05) is 0 Å². The summed E-state index contributed by atoms with van der Waals surface area (Å²) < 4.78 is 26.3. The minimum Gasteiger partial charge on any atom is -0.328 e. The van der Waals surface area contributed by atoms with Crippen LogP contribution in [0, 0.1) is 52.8 Å². The lowest BCUT2D eigenvalue weighted by molar-refractivity contribution is -0.128. The van der Waals surface area contributed by atoms with E-state index in [1.54, 1.807) is 0 Å². The van der Waals surface area contributed by atoms with Crippen molar-refractivity contribution in [2.45, 2.75) is 111 Å². The molecule has 0 bridgehead atoms. The van der Waals surface area contributed by atoms with Crippen LogP contribution in [0.25, 0.3) is 0 Å². The number of Topliss-reactive ketones (excluding diaryl/α,β-unsaturated/α-hetero) is 1. The van der Waals surface area contributed by atoms with Crippen molar-refractivity contribution in [2.24, 2.45) is 58.5 Å². The van der Waals surface area contributed by atoms with Crippen LogP contribution < -0.4 is 5.73 Å². The zero-order valence-electron chi connectivity index (χ0n) is 21.4. The average molecular weight is 533 g/mol. The summed E-state index contributed by atoms with van der Waals surface area (Å²) in [7, 11) is 0. The molecule has 0 aromatic carbocycles. The van der Waals surface area contributed by atoms with Crippen molar-refractivity contribution in [2.75, 3.05) is 5.33 Å². The molecule has 33 heavy (non-hydrogen) atoms. The fourth-order valence-electron chi connectivity index (χ4n) is 8.46. The molecule has 0 aromatic rings. The van der Waals surface area contributed by atoms with Gasteiger partial charge in [0.1, 0.15) is 5.78 Å². The van der Waals surface area contributed by atoms with Crippen LogP contribution in [-0.4, -0.2) is 23.6 Å². The number of nitrogens with two attached hydrogens (primary N) is 1. The van der Waals surface area contributed by atoms with Crippen molar-refractivity contribution in [1.82, 2.24) is 0 Å². The Labute approximate surface area is 209 Å². The second-order valence-electron chi connectivity index (χ2n) is 12.2. The monoisotopic (exact) mass is 531 g/mol. The van der Waals surface area contributed by atoms with Gasteiger partial charge in [-0.3, -0.25) is 4.79 Å². The predicted octanol–water partition coefficient (Wildman–Crippen LogP) is 7.87. The number of fused-ring (bicyclic) bond motifs is 5. The molecule has 4 aliphatic carbocycles. The third-order valence-corrected chi connectivity index (χ3v) is 11.1. The minimum absolute atomic E-state index is 0.193. The summed E-state index contributed by atoms with van der Waals surface area (Å²) in [5.41, 5.74) is 5.82. The largest absolute Gasteiger partial charge is 0.328 e. The van der Waals surface area contributed by atoms with Crippen molar-refractivity contribution in [3.05, 3.63) is 0 Å². The first-order valence-corrected chi connectivity index (χ1v) is 14.9. The number of hydrogen-bond acceptors (Lipinski definition) is 2. The normalized spacial score (nSPS) is 41.8. The summed E-state index contributed by atoms with van der Waals surface area (Å²) in [4.78, 5) is 12.4. The number of rotatable bonds is 6. The van der Waals surface area contributed by atoms with E-state index in [9.17, 15) is 13.6 Å². The van der Waals surface area contributed by atoms with Gasteiger partial charge in [-0.2, -0.15) is 0 Å². The molecule has 10 atom stereocenters. The highest BCUT2D eigenvalue weighted by molar-refractivity contribution is 9.09. The number of hydrogen-bond donors (Lipinski definition) is 1. The molecule has 0 amide bonds. The van der Waals surface area contributed by atoms with E-state index < -0.39 is 6.43 Å². The molecular formula is C28H48BrF2NO. The van der Waals surface area contributed by atoms with Crippen molar-refractivity contribution in [3.8, 4) is 0 Å². The van der Waals surface area contributed by atoms with Crippen LogP contribution in [0.3, 0.4) is 0 Å². The van der Waals surface area contributed by atoms with Crippen LogP contribution in [0.1, 0.15) is 98.3 Å². The predicted molar refractivity (Wildman–Crippen MR) is 137 cm³/mol. The summed E-state index contributed by atoms with van der Waals surface area (Å²) in [6, 6.07) is 0.370. The average Bonchev–Trinajstić information content (AvgIpc) is 3.15. The highest BCUT2D eigenvalue weighted by Crippen LogP contribution is 2.64. The molecule has 0 radical (unpaired) electrons. The number of halogens is 3. The SMILES string of the molecule is CC12CCC3C4CCC(C(F)F)CC4CCC3C1CCC2C(=O)CBr.CCCC(C)C(C)N. The number of carbonyl (C=O) groups is 1. The van der Waals surface area contributed by atoms with E-state index in [-0.39, 0.29) is 17.3 Å². The first-order chi connectivity index (χ1) is 15.6. The summed E-state index contributed by atoms with van der Waals surface area (Å²) in [6.45, 7) is 8.85. The van der Waals surface area contributed by atoms with Gasteiger partial charge in [-0.25, -0.2) is 8.78 Å². The molecule has 2 N–H and O–H groups in total. The van der Waals surface area contributed by atoms with E-state index >= 15 is 0 Å². The molecule has 4 fully saturated rings. The van der Waals surface area contributed by atoms with Crippen LogP contribution in [0.5, 0.6) is 0 Å². The zero-order valence-corrected chi connectivity index (χ0v) is 23.0. The Morgan fingerprint density at radius 3 is 2.30 bits per heavy atom. The van der Waals surface area contributed by atoms with Gasteiger partial charge in [-0.05, 0) is 112 Å². The lowest BCUT2D eigenvalue weighted by atomic mass is 9.49. The molecule has 4 aliphatic rings. The molecule has 4 saturated carbocycles. The second-order valence-corrected chi connectivity index (χ2v) is 12.8. The summed E-state index contributed by atoms with van der Waals surface area (Å²) in [6.07, 6.45) is 9.94. The smallest absolute Gasteiger partial charge is 0.241 e. The topological polar surface area (TPSA) is 43.1 Å². The fourth-order valence-corrected chi connectivity index (χ4v) is 8.85. The fraction of sp³-hybridized carbons (Fsp3) is 0.964. The van der Waals surface area contributed by atoms with Crippen LogP contribution in [0.2, 0.25) is 0 Å². The van der Waals surface area contributed by atoms with Crippen LogP contribution in [0.15, 0.2) is 0 Å². The lowest BCUT2D eigenvalue weighted by Crippen LogP contribution is -2.49. The minimum atomic E-state index is -2.13.